The number of nitrogens with zero attached hydrogens (tertiary/aromatic N) is 1. The van der Waals surface area contributed by atoms with Gasteiger partial charge in [-0.25, -0.2) is 4.79 Å². The molecule has 110 heavy (non-hydrogen) atoms. The first kappa shape index (κ1) is 93.8. The molecule has 5 fully saturated rings. The third-order valence-corrected chi connectivity index (χ3v) is 22.1. The summed E-state index contributed by atoms with van der Waals surface area (Å²) < 4.78 is 54.3. The molecule has 0 radical (unpaired) electrons. The fourth-order valence-electron chi connectivity index (χ4n) is 15.1. The van der Waals surface area contributed by atoms with Crippen molar-refractivity contribution in [2.45, 2.75) is 340 Å². The second-order valence-electron chi connectivity index (χ2n) is 34.1. The molecule has 3 amide bonds. The Morgan fingerprint density at radius 2 is 0.964 bits per heavy atom. The molecule has 0 unspecified atom stereocenters. The van der Waals surface area contributed by atoms with E-state index < -0.39 is 71.7 Å². The highest BCUT2D eigenvalue weighted by Gasteiger charge is 2.59. The van der Waals surface area contributed by atoms with Crippen LogP contribution in [-0.4, -0.2) is 210 Å². The molecule has 8 N–H and O–H groups in total. The Morgan fingerprint density at radius 3 is 1.44 bits per heavy atom. The fraction of sp³-hybridized carbons (Fsp3) is 0.843. The molecular formula is C83H139N5O22. The number of aliphatic hydroxyl groups is 4. The maximum absolute atomic E-state index is 13.2. The van der Waals surface area contributed by atoms with Gasteiger partial charge in [-0.2, -0.15) is 0 Å². The van der Waals surface area contributed by atoms with Gasteiger partial charge in [0.2, 0.25) is 17.7 Å². The van der Waals surface area contributed by atoms with E-state index in [-0.39, 0.29) is 147 Å². The predicted octanol–water partition coefficient (Wildman–Crippen LogP) is 9.45. The minimum atomic E-state index is -1.11. The number of hydrogen-bond acceptors (Lipinski definition) is 22. The van der Waals surface area contributed by atoms with Crippen LogP contribution in [0.1, 0.15) is 285 Å². The molecule has 0 aromatic carbocycles. The molecule has 5 aliphatic heterocycles. The van der Waals surface area contributed by atoms with Gasteiger partial charge in [0, 0.05) is 115 Å². The standard InChI is InChI=1S/C83H139N5O22/c1-58-72(96)74(98)82(56-106-77(58)109-82)54-104-45-29-25-35-62(89)31-19-17-21-33-64(91)41-47-102-52-61(53-103-48-42-65(92)34-22-18-20-32-63(90)36-26-30-46-105-55-83-57-107-78(110-83)59(2)73(97)75(83)99)86-70(95)38-24-14-12-10-9-11-13-23-37-68(93)84-43-27-15-16-28-44-85-69(94)40-39-60-51-88(79(101)87-76(60)100)71-49-66(81(6,7)8)67(108-71)50-80(3,4)5/h39-40,51,58-59,61,66-67,71-75,77-78,96-99H,9-38,41-50,52-57H2,1-8H3,(H,84,93)(H,85,94)(H,86,95)(H,87,100,101)/b40-39+/t58-,59-,66+,67-,71-,72-,73-,74-,75-,77+,78+,82+,83+/m1/s1. The molecule has 4 bridgehead atoms. The number of aromatic amines is 1. The summed E-state index contributed by atoms with van der Waals surface area (Å²) in [4.78, 5) is 117. The summed E-state index contributed by atoms with van der Waals surface area (Å²) >= 11 is 0. The largest absolute Gasteiger partial charge is 0.390 e. The van der Waals surface area contributed by atoms with Crippen LogP contribution in [0, 0.1) is 28.6 Å². The van der Waals surface area contributed by atoms with Crippen molar-refractivity contribution in [2.24, 2.45) is 28.6 Å². The highest BCUT2D eigenvalue weighted by atomic mass is 16.8. The van der Waals surface area contributed by atoms with Crippen LogP contribution in [0.3, 0.4) is 0 Å². The number of carbonyl (C=O) groups excluding carboxylic acids is 7. The molecule has 0 aliphatic carbocycles. The van der Waals surface area contributed by atoms with Crippen molar-refractivity contribution in [3.05, 3.63) is 38.7 Å². The first-order chi connectivity index (χ1) is 52.5. The van der Waals surface area contributed by atoms with Gasteiger partial charge in [-0.3, -0.25) is 47.9 Å². The number of amides is 3. The van der Waals surface area contributed by atoms with E-state index in [9.17, 15) is 63.6 Å². The van der Waals surface area contributed by atoms with Crippen molar-refractivity contribution in [3.63, 3.8) is 0 Å². The van der Waals surface area contributed by atoms with Gasteiger partial charge in [0.15, 0.2) is 12.6 Å². The zero-order valence-electron chi connectivity index (χ0n) is 67.8. The van der Waals surface area contributed by atoms with Crippen molar-refractivity contribution in [1.82, 2.24) is 25.5 Å². The van der Waals surface area contributed by atoms with E-state index in [2.05, 4.69) is 62.5 Å². The molecular weight excluding hydrogens is 1420 g/mol. The fourth-order valence-corrected chi connectivity index (χ4v) is 15.1. The Kier molecular flexibility index (Phi) is 41.8. The van der Waals surface area contributed by atoms with Gasteiger partial charge < -0.3 is 79.0 Å². The lowest BCUT2D eigenvalue weighted by molar-refractivity contribution is -0.248. The summed E-state index contributed by atoms with van der Waals surface area (Å²) in [6.07, 6.45) is 21.3. The predicted molar refractivity (Wildman–Crippen MR) is 414 cm³/mol. The molecule has 6 heterocycles. The Morgan fingerprint density at radius 1 is 0.545 bits per heavy atom. The molecule has 27 nitrogen and oxygen atoms in total. The van der Waals surface area contributed by atoms with Crippen LogP contribution >= 0.6 is 0 Å². The molecule has 1 aromatic rings. The smallest absolute Gasteiger partial charge is 0.330 e. The van der Waals surface area contributed by atoms with Crippen molar-refractivity contribution in [2.75, 3.05) is 79.2 Å². The number of nitrogens with one attached hydrogen (secondary N) is 4. The van der Waals surface area contributed by atoms with Crippen LogP contribution in [0.2, 0.25) is 0 Å². The Balaban J connectivity index is 0.766. The van der Waals surface area contributed by atoms with Gasteiger partial charge >= 0.3 is 5.69 Å². The Hall–Kier alpha value is -5.01. The number of unbranched alkanes of at least 4 members (excludes halogenated alkanes) is 16. The summed E-state index contributed by atoms with van der Waals surface area (Å²) in [5.41, 5.74) is -3.10. The van der Waals surface area contributed by atoms with Crippen molar-refractivity contribution in [3.8, 4) is 0 Å². The zero-order valence-corrected chi connectivity index (χ0v) is 67.8. The van der Waals surface area contributed by atoms with Crippen LogP contribution < -0.4 is 27.2 Å². The Labute approximate surface area is 652 Å². The number of ether oxygens (including phenoxy) is 9. The molecule has 27 heteroatoms. The summed E-state index contributed by atoms with van der Waals surface area (Å²) in [5, 5.41) is 50.9. The van der Waals surface area contributed by atoms with Crippen LogP contribution in [0.15, 0.2) is 21.9 Å². The van der Waals surface area contributed by atoms with Gasteiger partial charge in [0.05, 0.1) is 82.8 Å². The monoisotopic (exact) mass is 1560 g/mol. The van der Waals surface area contributed by atoms with E-state index in [1.54, 1.807) is 13.8 Å². The zero-order chi connectivity index (χ0) is 80.1. The van der Waals surface area contributed by atoms with Gasteiger partial charge in [-0.15, -0.1) is 0 Å². The van der Waals surface area contributed by atoms with E-state index in [1.807, 2.05) is 0 Å². The maximum atomic E-state index is 13.2. The lowest BCUT2D eigenvalue weighted by Gasteiger charge is -2.41. The van der Waals surface area contributed by atoms with E-state index in [4.69, 9.17) is 42.6 Å². The summed E-state index contributed by atoms with van der Waals surface area (Å²) in [6.45, 7) is 19.5. The number of rotatable bonds is 59. The first-order valence-corrected chi connectivity index (χ1v) is 41.7. The van der Waals surface area contributed by atoms with E-state index in [1.165, 1.54) is 22.9 Å². The second kappa shape index (κ2) is 49.0. The Bertz CT molecular complexity index is 2990. The maximum Gasteiger partial charge on any atom is 0.330 e. The number of Topliss-reactive ketones (excluding diaryl/α,β-unsaturated/α-hetero) is 4. The van der Waals surface area contributed by atoms with Crippen LogP contribution in [0.25, 0.3) is 6.08 Å². The summed E-state index contributed by atoms with van der Waals surface area (Å²) in [6, 6.07) is -0.488. The van der Waals surface area contributed by atoms with E-state index >= 15 is 0 Å². The van der Waals surface area contributed by atoms with Crippen molar-refractivity contribution < 1.29 is 96.6 Å². The molecule has 0 saturated carbocycles. The highest BCUT2D eigenvalue weighted by molar-refractivity contribution is 5.91. The summed E-state index contributed by atoms with van der Waals surface area (Å²) in [5.74, 6) is -0.452. The second-order valence-corrected chi connectivity index (χ2v) is 34.1. The molecule has 6 rings (SSSR count). The number of fused-ring (bicyclic) bond motifs is 4. The van der Waals surface area contributed by atoms with Crippen LogP contribution in [-0.2, 0) is 76.2 Å². The highest BCUT2D eigenvalue weighted by Crippen LogP contribution is 2.47. The SMILES string of the molecule is C[C@H]1[C@H]2OC[C@](COCCCCC(=O)CCCCCC(=O)CCOCC(COCCC(=O)CCCCCC(=O)CCCCOC[C@@]34CO[C@@H](O3)[C@H](C)[C@@H](O)[C@H]4O)NC(=O)CCCCCCCCCCC(=O)NCCCCCCNC(=O)/C=C/c3cn([C@H]4C[C@H](C(C)(C)C)[C@@H](CC(C)(C)C)O4)c(=O)[nH]c3=O)(O2)[C@H](O)[C@@H]1O. The average molecular weight is 1560 g/mol. The van der Waals surface area contributed by atoms with Gasteiger partial charge in [0.1, 0.15) is 52.8 Å². The first-order valence-electron chi connectivity index (χ1n) is 41.7. The molecule has 1 aromatic heterocycles. The van der Waals surface area contributed by atoms with Crippen molar-refractivity contribution >= 4 is 46.9 Å². The number of carbonyl (C=O) groups is 7. The minimum absolute atomic E-state index is 0.0323. The number of ketones is 4. The minimum Gasteiger partial charge on any atom is -0.390 e. The van der Waals surface area contributed by atoms with Gasteiger partial charge in [0.25, 0.3) is 5.56 Å². The van der Waals surface area contributed by atoms with Crippen molar-refractivity contribution in [1.29, 1.82) is 0 Å². The molecule has 5 aliphatic rings. The average Bonchev–Trinajstić information content (AvgIpc) is 1.62. The lowest BCUT2D eigenvalue weighted by Crippen LogP contribution is -2.60. The third-order valence-electron chi connectivity index (χ3n) is 22.1. The molecule has 13 atom stereocenters. The van der Waals surface area contributed by atoms with Crippen LogP contribution in [0.5, 0.6) is 0 Å². The van der Waals surface area contributed by atoms with Crippen LogP contribution in [0.4, 0.5) is 0 Å². The van der Waals surface area contributed by atoms with E-state index in [0.29, 0.717) is 142 Å². The lowest BCUT2D eigenvalue weighted by atomic mass is 9.73. The van der Waals surface area contributed by atoms with Gasteiger partial charge in [-0.05, 0) is 113 Å². The topological polar surface area (TPSA) is 374 Å². The quantitative estimate of drug-likeness (QED) is 0.0222. The third kappa shape index (κ3) is 33.4. The molecule has 5 saturated heterocycles. The normalized spacial score (nSPS) is 25.5. The molecule has 628 valence electrons. The number of hydrogen-bond donors (Lipinski definition) is 8. The summed E-state index contributed by atoms with van der Waals surface area (Å²) in [7, 11) is 0. The number of aliphatic hydroxyl groups excluding tert-OH is 4. The molecule has 0 spiro atoms. The number of H-pyrrole nitrogens is 1. The van der Waals surface area contributed by atoms with Gasteiger partial charge in [-0.1, -0.05) is 120 Å². The number of aromatic nitrogens is 2. The van der Waals surface area contributed by atoms with E-state index in [0.717, 1.165) is 89.9 Å².